The normalized spacial score (nSPS) is 16.6. The van der Waals surface area contributed by atoms with E-state index in [4.69, 9.17) is 0 Å². The highest BCUT2D eigenvalue weighted by molar-refractivity contribution is 5.85. The number of hydrogen-bond donors (Lipinski definition) is 2. The fourth-order valence-electron chi connectivity index (χ4n) is 4.78. The third kappa shape index (κ3) is 3.98. The van der Waals surface area contributed by atoms with Gasteiger partial charge in [-0.2, -0.15) is 0 Å². The van der Waals surface area contributed by atoms with Gasteiger partial charge >= 0.3 is 0 Å². The number of hydrogen-bond acceptors (Lipinski definition) is 5. The van der Waals surface area contributed by atoms with E-state index in [9.17, 15) is 22.8 Å². The average molecular weight is 491 g/mol. The zero-order chi connectivity index (χ0) is 25.0. The van der Waals surface area contributed by atoms with Crippen molar-refractivity contribution in [3.8, 4) is 11.4 Å². The molecule has 36 heavy (non-hydrogen) atoms. The van der Waals surface area contributed by atoms with E-state index < -0.39 is 30.5 Å². The van der Waals surface area contributed by atoms with E-state index in [-0.39, 0.29) is 17.3 Å². The molecule has 0 atom stereocenters. The third-order valence-corrected chi connectivity index (χ3v) is 6.72. The van der Waals surface area contributed by atoms with Crippen molar-refractivity contribution in [2.75, 3.05) is 5.32 Å². The van der Waals surface area contributed by atoms with Gasteiger partial charge in [-0.3, -0.25) is 9.59 Å². The average Bonchev–Trinajstić information content (AvgIpc) is 3.27. The van der Waals surface area contributed by atoms with Gasteiger partial charge in [-0.25, -0.2) is 23.1 Å². The Morgan fingerprint density at radius 3 is 2.69 bits per heavy atom. The number of H-pyrrole nitrogens is 1. The maximum Gasteiger partial charge on any atom is 0.255 e. The number of carbonyl (C=O) groups is 1. The zero-order valence-electron chi connectivity index (χ0n) is 18.9. The predicted molar refractivity (Wildman–Crippen MR) is 127 cm³/mol. The quantitative estimate of drug-likeness (QED) is 0.430. The van der Waals surface area contributed by atoms with E-state index in [0.29, 0.717) is 40.9 Å². The van der Waals surface area contributed by atoms with Gasteiger partial charge in [0.2, 0.25) is 11.8 Å². The maximum atomic E-state index is 14.5. The van der Waals surface area contributed by atoms with Crippen LogP contribution in [-0.2, 0) is 17.9 Å². The molecule has 0 bridgehead atoms. The topological polar surface area (TPSA) is 91.0 Å². The summed E-state index contributed by atoms with van der Waals surface area (Å²) in [7, 11) is 0. The molecule has 182 valence electrons. The molecule has 1 saturated carbocycles. The van der Waals surface area contributed by atoms with Crippen LogP contribution in [-0.4, -0.2) is 31.7 Å². The van der Waals surface area contributed by atoms with Crippen LogP contribution in [0.1, 0.15) is 24.0 Å². The molecule has 4 aromatic rings. The minimum Gasteiger partial charge on any atom is -0.338 e. The van der Waals surface area contributed by atoms with Gasteiger partial charge in [-0.1, -0.05) is 12.1 Å². The summed E-state index contributed by atoms with van der Waals surface area (Å²) < 4.78 is 40.9. The number of benzene rings is 2. The van der Waals surface area contributed by atoms with Gasteiger partial charge < -0.3 is 15.2 Å². The van der Waals surface area contributed by atoms with Crippen molar-refractivity contribution in [3.63, 3.8) is 0 Å². The summed E-state index contributed by atoms with van der Waals surface area (Å²) >= 11 is 0. The molecule has 0 radical (unpaired) electrons. The molecule has 3 heterocycles. The molecule has 2 aromatic carbocycles. The summed E-state index contributed by atoms with van der Waals surface area (Å²) in [5.74, 6) is -3.98. The molecular weight excluding hydrogens is 471 g/mol. The number of fused-ring (bicyclic) bond motifs is 2. The van der Waals surface area contributed by atoms with Crippen LogP contribution in [0.25, 0.3) is 22.2 Å². The Morgan fingerprint density at radius 1 is 1.08 bits per heavy atom. The van der Waals surface area contributed by atoms with Crippen molar-refractivity contribution in [2.24, 2.45) is 5.92 Å². The van der Waals surface area contributed by atoms with Crippen LogP contribution >= 0.6 is 0 Å². The fraction of sp³-hybridized carbons (Fsp3) is 0.231. The standard InChI is InChI=1S/C26H20F3N5O2/c27-21-11-31-22(33-23(21)32-19-3-4-20-14(8-19)5-6-30-24(20)35)15-1-2-16-12-34(13-17(16)7-15)25(36)18-9-26(28,29)10-18/h1-8,11,18H,9-10,12-13H2,(H,30,35)(H,31,32,33). The number of alkyl halides is 2. The molecule has 1 amide bonds. The maximum absolute atomic E-state index is 14.5. The lowest BCUT2D eigenvalue weighted by molar-refractivity contribution is -0.160. The molecule has 1 aliphatic heterocycles. The van der Waals surface area contributed by atoms with E-state index >= 15 is 0 Å². The first-order valence-electron chi connectivity index (χ1n) is 11.5. The first kappa shape index (κ1) is 22.3. The van der Waals surface area contributed by atoms with Crippen LogP contribution < -0.4 is 10.9 Å². The SMILES string of the molecule is O=C(C1CC(F)(F)C1)N1Cc2ccc(-c3ncc(F)c(Nc4ccc5c(=O)[nH]ccc5c4)n3)cc2C1. The summed E-state index contributed by atoms with van der Waals surface area (Å²) in [5.41, 5.74) is 2.81. The number of rotatable bonds is 4. The molecule has 1 fully saturated rings. The van der Waals surface area contributed by atoms with Crippen molar-refractivity contribution in [1.82, 2.24) is 19.9 Å². The molecule has 0 saturated heterocycles. The predicted octanol–water partition coefficient (Wildman–Crippen LogP) is 4.76. The number of pyridine rings is 1. The van der Waals surface area contributed by atoms with Crippen LogP contribution in [0.4, 0.5) is 24.7 Å². The van der Waals surface area contributed by atoms with Gasteiger partial charge in [0, 0.05) is 54.7 Å². The lowest BCUT2D eigenvalue weighted by Crippen LogP contribution is -2.45. The summed E-state index contributed by atoms with van der Waals surface area (Å²) in [6.07, 6.45) is 1.84. The van der Waals surface area contributed by atoms with Crippen molar-refractivity contribution in [1.29, 1.82) is 0 Å². The summed E-state index contributed by atoms with van der Waals surface area (Å²) in [5, 5.41) is 4.16. The summed E-state index contributed by atoms with van der Waals surface area (Å²) in [4.78, 5) is 37.2. The molecule has 2 aliphatic rings. The second-order valence-corrected chi connectivity index (χ2v) is 9.26. The third-order valence-electron chi connectivity index (χ3n) is 6.72. The Hall–Kier alpha value is -4.21. The first-order valence-corrected chi connectivity index (χ1v) is 11.5. The zero-order valence-corrected chi connectivity index (χ0v) is 18.9. The molecule has 2 aromatic heterocycles. The number of carbonyl (C=O) groups excluding carboxylic acids is 1. The van der Waals surface area contributed by atoms with Crippen molar-refractivity contribution in [2.45, 2.75) is 31.9 Å². The monoisotopic (exact) mass is 491 g/mol. The smallest absolute Gasteiger partial charge is 0.255 e. The lowest BCUT2D eigenvalue weighted by atomic mass is 9.80. The summed E-state index contributed by atoms with van der Waals surface area (Å²) in [6.45, 7) is 0.699. The Balaban J connectivity index is 1.23. The molecule has 2 N–H and O–H groups in total. The minimum atomic E-state index is -2.74. The number of amides is 1. The van der Waals surface area contributed by atoms with Crippen molar-refractivity contribution < 1.29 is 18.0 Å². The van der Waals surface area contributed by atoms with Gasteiger partial charge in [0.1, 0.15) is 0 Å². The number of aromatic nitrogens is 3. The Labute approximate surface area is 203 Å². The van der Waals surface area contributed by atoms with E-state index in [1.54, 1.807) is 41.4 Å². The molecule has 0 spiro atoms. The van der Waals surface area contributed by atoms with Crippen molar-refractivity contribution >= 4 is 28.2 Å². The number of aromatic amines is 1. The van der Waals surface area contributed by atoms with Crippen LogP contribution in [0, 0.1) is 11.7 Å². The van der Waals surface area contributed by atoms with Gasteiger partial charge in [-0.05, 0) is 46.8 Å². The molecule has 10 heteroatoms. The second-order valence-electron chi connectivity index (χ2n) is 9.26. The fourth-order valence-corrected chi connectivity index (χ4v) is 4.78. The molecule has 7 nitrogen and oxygen atoms in total. The largest absolute Gasteiger partial charge is 0.338 e. The number of anilines is 2. The number of nitrogens with zero attached hydrogens (tertiary/aromatic N) is 3. The van der Waals surface area contributed by atoms with Crippen LogP contribution in [0.3, 0.4) is 0 Å². The summed E-state index contributed by atoms with van der Waals surface area (Å²) in [6, 6.07) is 12.3. The van der Waals surface area contributed by atoms with Crippen LogP contribution in [0.2, 0.25) is 0 Å². The Kier molecular flexibility index (Phi) is 5.06. The van der Waals surface area contributed by atoms with E-state index in [0.717, 1.165) is 17.3 Å². The van der Waals surface area contributed by atoms with E-state index in [1.807, 2.05) is 12.1 Å². The van der Waals surface area contributed by atoms with Gasteiger partial charge in [0.25, 0.3) is 5.56 Å². The molecule has 1 aliphatic carbocycles. The van der Waals surface area contributed by atoms with E-state index in [2.05, 4.69) is 20.3 Å². The highest BCUT2D eigenvalue weighted by atomic mass is 19.3. The molecular formula is C26H20F3N5O2. The van der Waals surface area contributed by atoms with Crippen LogP contribution in [0.15, 0.2) is 59.7 Å². The number of nitrogens with one attached hydrogen (secondary N) is 2. The Morgan fingerprint density at radius 2 is 1.89 bits per heavy atom. The minimum absolute atomic E-state index is 0.0209. The van der Waals surface area contributed by atoms with Gasteiger partial charge in [-0.15, -0.1) is 0 Å². The van der Waals surface area contributed by atoms with Gasteiger partial charge in [0.05, 0.1) is 6.20 Å². The number of halogens is 3. The molecule has 6 rings (SSSR count). The second kappa shape index (κ2) is 8.18. The van der Waals surface area contributed by atoms with Gasteiger partial charge in [0.15, 0.2) is 17.5 Å². The highest BCUT2D eigenvalue weighted by Gasteiger charge is 2.50. The molecule has 0 unspecified atom stereocenters. The highest BCUT2D eigenvalue weighted by Crippen LogP contribution is 2.44. The Bertz CT molecular complexity index is 1580. The van der Waals surface area contributed by atoms with E-state index in [1.165, 1.54) is 0 Å². The lowest BCUT2D eigenvalue weighted by Gasteiger charge is -2.36. The first-order chi connectivity index (χ1) is 17.3. The van der Waals surface area contributed by atoms with Crippen LogP contribution in [0.5, 0.6) is 0 Å². The van der Waals surface area contributed by atoms with Crippen molar-refractivity contribution in [3.05, 3.63) is 82.2 Å².